The number of hydrogen-bond acceptors (Lipinski definition) is 3. The van der Waals surface area contributed by atoms with Crippen molar-refractivity contribution in [1.29, 1.82) is 5.41 Å². The predicted octanol–water partition coefficient (Wildman–Crippen LogP) is 10.00. The van der Waals surface area contributed by atoms with E-state index in [4.69, 9.17) is 10.4 Å². The fourth-order valence-electron chi connectivity index (χ4n) is 6.90. The van der Waals surface area contributed by atoms with Crippen LogP contribution in [0.3, 0.4) is 0 Å². The Balaban J connectivity index is 1.04. The summed E-state index contributed by atoms with van der Waals surface area (Å²) in [6.07, 6.45) is 9.51. The first-order valence-electron chi connectivity index (χ1n) is 17.0. The first-order chi connectivity index (χ1) is 23.4. The van der Waals surface area contributed by atoms with Gasteiger partial charge in [0.15, 0.2) is 0 Å². The van der Waals surface area contributed by atoms with Gasteiger partial charge < -0.3 is 10.3 Å². The lowest BCUT2D eigenvalue weighted by Crippen LogP contribution is -2.26. The molecule has 6 rings (SSSR count). The van der Waals surface area contributed by atoms with E-state index in [0.29, 0.717) is 6.54 Å². The second-order valence-corrected chi connectivity index (χ2v) is 13.0. The van der Waals surface area contributed by atoms with Crippen molar-refractivity contribution >= 4 is 11.9 Å². The predicted molar refractivity (Wildman–Crippen MR) is 202 cm³/mol. The van der Waals surface area contributed by atoms with Crippen molar-refractivity contribution in [1.82, 2.24) is 9.55 Å². The second kappa shape index (κ2) is 15.1. The molecule has 0 aliphatic rings. The molecular formula is C44H46N4. The van der Waals surface area contributed by atoms with E-state index in [9.17, 15) is 0 Å². The summed E-state index contributed by atoms with van der Waals surface area (Å²) in [6.45, 7) is 10.0. The monoisotopic (exact) mass is 630 g/mol. The van der Waals surface area contributed by atoms with Crippen molar-refractivity contribution in [3.05, 3.63) is 172 Å². The number of benzene rings is 5. The maximum atomic E-state index is 7.75. The van der Waals surface area contributed by atoms with Gasteiger partial charge in [0.25, 0.3) is 0 Å². The van der Waals surface area contributed by atoms with Crippen LogP contribution < -0.4 is 4.90 Å². The van der Waals surface area contributed by atoms with E-state index in [1.807, 2.05) is 6.20 Å². The first-order valence-corrected chi connectivity index (χ1v) is 17.0. The van der Waals surface area contributed by atoms with E-state index in [1.165, 1.54) is 67.7 Å². The number of aryl methyl sites for hydroxylation is 8. The molecule has 4 nitrogen and oxygen atoms in total. The normalized spacial score (nSPS) is 11.1. The lowest BCUT2D eigenvalue weighted by atomic mass is 9.98. The van der Waals surface area contributed by atoms with Gasteiger partial charge in [-0.05, 0) is 103 Å². The lowest BCUT2D eigenvalue weighted by molar-refractivity contribution is 0.874. The van der Waals surface area contributed by atoms with Crippen molar-refractivity contribution < 1.29 is 0 Å². The number of nitrogens with one attached hydrogen (secondary N) is 1. The maximum absolute atomic E-state index is 7.75. The van der Waals surface area contributed by atoms with Crippen LogP contribution in [0.15, 0.2) is 122 Å². The van der Waals surface area contributed by atoms with E-state index in [2.05, 4.69) is 153 Å². The van der Waals surface area contributed by atoms with Crippen LogP contribution in [0.25, 0.3) is 17.1 Å². The molecule has 6 aromatic rings. The lowest BCUT2D eigenvalue weighted by Gasteiger charge is -2.27. The topological polar surface area (TPSA) is 44.9 Å². The van der Waals surface area contributed by atoms with Crippen molar-refractivity contribution in [3.8, 4) is 17.1 Å². The Morgan fingerprint density at radius 1 is 0.604 bits per heavy atom. The molecular weight excluding hydrogens is 585 g/mol. The number of hydrogen-bond donors (Lipinski definition) is 1. The zero-order valence-electron chi connectivity index (χ0n) is 28.7. The molecule has 0 bridgehead atoms. The van der Waals surface area contributed by atoms with E-state index >= 15 is 0 Å². The zero-order valence-corrected chi connectivity index (χ0v) is 28.7. The molecule has 1 aromatic heterocycles. The fraction of sp³-hybridized carbons (Fsp3) is 0.227. The Bertz CT molecular complexity index is 1940. The molecule has 1 heterocycles. The largest absolute Gasteiger partial charge is 0.362 e. The Kier molecular flexibility index (Phi) is 10.3. The van der Waals surface area contributed by atoms with E-state index in [-0.39, 0.29) is 0 Å². The van der Waals surface area contributed by atoms with Gasteiger partial charge in [0.05, 0.1) is 12.2 Å². The van der Waals surface area contributed by atoms with Gasteiger partial charge in [-0.15, -0.1) is 0 Å². The summed E-state index contributed by atoms with van der Waals surface area (Å²) in [5, 5.41) is 7.75. The number of nitrogens with zero attached hydrogens (tertiary/aromatic N) is 3. The molecule has 5 aromatic carbocycles. The van der Waals surface area contributed by atoms with Crippen LogP contribution in [-0.4, -0.2) is 22.3 Å². The summed E-state index contributed by atoms with van der Waals surface area (Å²) in [5.74, 6) is 0.975. The van der Waals surface area contributed by atoms with Crippen LogP contribution in [-0.2, 0) is 32.2 Å². The van der Waals surface area contributed by atoms with Gasteiger partial charge in [0.2, 0.25) is 0 Å². The van der Waals surface area contributed by atoms with Gasteiger partial charge in [0.1, 0.15) is 5.82 Å². The van der Waals surface area contributed by atoms with Gasteiger partial charge in [0, 0.05) is 36.4 Å². The standard InChI is InChI=1S/C44H46N4/c1-32-8-5-9-33(2)42(32)47(28-26-45)31-40-20-16-36(17-21-40)14-18-38-12-7-13-39(30-38)19-15-37-22-24-41(25-23-37)44-46-27-29-48(44)43-34(3)10-6-11-35(43)4/h5-13,16-17,20-27,29-30,45H,14-15,18-19,28,31H2,1-4H3. The highest BCUT2D eigenvalue weighted by atomic mass is 15.1. The SMILES string of the molecule is Cc1cccc(C)c1N(CC=N)Cc1ccc(CCc2cccc(CCc3ccc(-c4nccn4-c4c(C)cccc4C)cc3)c2)cc1. The average Bonchev–Trinajstić information content (AvgIpc) is 3.57. The van der Waals surface area contributed by atoms with Crippen LogP contribution >= 0.6 is 0 Å². The van der Waals surface area contributed by atoms with Gasteiger partial charge >= 0.3 is 0 Å². The Morgan fingerprint density at radius 3 is 1.69 bits per heavy atom. The highest BCUT2D eigenvalue weighted by Gasteiger charge is 2.13. The maximum Gasteiger partial charge on any atom is 0.144 e. The Morgan fingerprint density at radius 2 is 1.10 bits per heavy atom. The summed E-state index contributed by atoms with van der Waals surface area (Å²) in [7, 11) is 0. The average molecular weight is 631 g/mol. The zero-order chi connectivity index (χ0) is 33.5. The molecule has 1 N–H and O–H groups in total. The molecule has 0 aliphatic heterocycles. The molecule has 0 spiro atoms. The molecule has 242 valence electrons. The van der Waals surface area contributed by atoms with Crippen LogP contribution in [0.2, 0.25) is 0 Å². The van der Waals surface area contributed by atoms with Crippen LogP contribution in [0.5, 0.6) is 0 Å². The highest BCUT2D eigenvalue weighted by Crippen LogP contribution is 2.28. The molecule has 48 heavy (non-hydrogen) atoms. The highest BCUT2D eigenvalue weighted by molar-refractivity contribution is 5.67. The molecule has 0 unspecified atom stereocenters. The van der Waals surface area contributed by atoms with Gasteiger partial charge in [-0.1, -0.05) is 109 Å². The Hall–Kier alpha value is -5.22. The number of imidazole rings is 1. The number of anilines is 1. The van der Waals surface area contributed by atoms with Gasteiger partial charge in [-0.3, -0.25) is 4.57 Å². The van der Waals surface area contributed by atoms with Crippen LogP contribution in [0.4, 0.5) is 5.69 Å². The summed E-state index contributed by atoms with van der Waals surface area (Å²) in [4.78, 5) is 7.01. The van der Waals surface area contributed by atoms with E-state index < -0.39 is 0 Å². The quantitative estimate of drug-likeness (QED) is 0.129. The minimum absolute atomic E-state index is 0.607. The third kappa shape index (κ3) is 7.66. The minimum Gasteiger partial charge on any atom is -0.362 e. The summed E-state index contributed by atoms with van der Waals surface area (Å²) in [5.41, 5.74) is 15.3. The molecule has 0 amide bonds. The third-order valence-electron chi connectivity index (χ3n) is 9.39. The first kappa shape index (κ1) is 32.7. The Labute approximate surface area is 286 Å². The molecule has 0 atom stereocenters. The summed E-state index contributed by atoms with van der Waals surface area (Å²) in [6, 6.07) is 39.9. The third-order valence-corrected chi connectivity index (χ3v) is 9.39. The molecule has 0 fully saturated rings. The second-order valence-electron chi connectivity index (χ2n) is 13.0. The van der Waals surface area contributed by atoms with Crippen molar-refractivity contribution in [2.24, 2.45) is 0 Å². The van der Waals surface area contributed by atoms with Crippen molar-refractivity contribution in [3.63, 3.8) is 0 Å². The number of para-hydroxylation sites is 2. The number of rotatable bonds is 13. The molecule has 0 saturated carbocycles. The minimum atomic E-state index is 0.607. The number of aromatic nitrogens is 2. The van der Waals surface area contributed by atoms with Crippen molar-refractivity contribution in [2.45, 2.75) is 59.9 Å². The molecule has 0 radical (unpaired) electrons. The van der Waals surface area contributed by atoms with Crippen molar-refractivity contribution in [2.75, 3.05) is 11.4 Å². The van der Waals surface area contributed by atoms with Crippen LogP contribution in [0.1, 0.15) is 50.1 Å². The summed E-state index contributed by atoms with van der Waals surface area (Å²) < 4.78 is 2.21. The molecule has 0 aliphatic carbocycles. The van der Waals surface area contributed by atoms with Gasteiger partial charge in [-0.25, -0.2) is 4.98 Å². The molecule has 0 saturated heterocycles. The van der Waals surface area contributed by atoms with Gasteiger partial charge in [-0.2, -0.15) is 0 Å². The molecule has 4 heteroatoms. The van der Waals surface area contributed by atoms with E-state index in [1.54, 1.807) is 0 Å². The van der Waals surface area contributed by atoms with E-state index in [0.717, 1.165) is 43.6 Å². The fourth-order valence-corrected chi connectivity index (χ4v) is 6.90. The van der Waals surface area contributed by atoms with Crippen LogP contribution in [0, 0.1) is 33.1 Å². The smallest absolute Gasteiger partial charge is 0.144 e. The summed E-state index contributed by atoms with van der Waals surface area (Å²) >= 11 is 0.